The first-order valence-electron chi connectivity index (χ1n) is 7.80. The van der Waals surface area contributed by atoms with Crippen molar-refractivity contribution in [2.75, 3.05) is 12.3 Å². The van der Waals surface area contributed by atoms with E-state index in [4.69, 9.17) is 0 Å². The Morgan fingerprint density at radius 1 is 1.45 bits per heavy atom. The van der Waals surface area contributed by atoms with Gasteiger partial charge in [0.2, 0.25) is 11.8 Å². The highest BCUT2D eigenvalue weighted by atomic mass is 32.2. The molecule has 4 nitrogen and oxygen atoms in total. The quantitative estimate of drug-likeness (QED) is 0.927. The van der Waals surface area contributed by atoms with Gasteiger partial charge in [0.25, 0.3) is 0 Å². The van der Waals surface area contributed by atoms with Crippen LogP contribution in [0.1, 0.15) is 38.2 Å². The molecular formula is C17H22N2O2S. The smallest absolute Gasteiger partial charge is 0.243 e. The van der Waals surface area contributed by atoms with E-state index in [-0.39, 0.29) is 28.6 Å². The number of carbonyl (C=O) groups is 2. The maximum Gasteiger partial charge on any atom is 0.243 e. The summed E-state index contributed by atoms with van der Waals surface area (Å²) in [4.78, 5) is 26.2. The molecule has 2 fully saturated rings. The average molecular weight is 318 g/mol. The summed E-state index contributed by atoms with van der Waals surface area (Å²) in [6.45, 7) is 4.77. The van der Waals surface area contributed by atoms with Crippen molar-refractivity contribution in [3.8, 4) is 0 Å². The topological polar surface area (TPSA) is 49.4 Å². The van der Waals surface area contributed by atoms with Crippen molar-refractivity contribution in [3.05, 3.63) is 35.9 Å². The van der Waals surface area contributed by atoms with Gasteiger partial charge < -0.3 is 10.2 Å². The number of nitrogens with one attached hydrogen (secondary N) is 1. The van der Waals surface area contributed by atoms with Crippen molar-refractivity contribution in [3.63, 3.8) is 0 Å². The molecule has 1 N–H and O–H groups in total. The molecule has 2 heterocycles. The number of rotatable bonds is 4. The molecule has 2 aliphatic heterocycles. The number of carbonyl (C=O) groups excluding carboxylic acids is 2. The third kappa shape index (κ3) is 2.74. The molecule has 0 bridgehead atoms. The van der Waals surface area contributed by atoms with Gasteiger partial charge in [-0.15, -0.1) is 11.8 Å². The lowest BCUT2D eigenvalue weighted by atomic mass is 10.0. The number of benzene rings is 1. The largest absolute Gasteiger partial charge is 0.354 e. The first kappa shape index (κ1) is 15.4. The fourth-order valence-electron chi connectivity index (χ4n) is 3.29. The molecule has 0 aromatic heterocycles. The molecule has 22 heavy (non-hydrogen) atoms. The zero-order chi connectivity index (χ0) is 15.7. The molecule has 3 rings (SSSR count). The predicted molar refractivity (Wildman–Crippen MR) is 88.6 cm³/mol. The van der Waals surface area contributed by atoms with Gasteiger partial charge in [-0.3, -0.25) is 9.59 Å². The number of thioether (sulfide) groups is 1. The van der Waals surface area contributed by atoms with Crippen molar-refractivity contribution < 1.29 is 9.59 Å². The minimum Gasteiger partial charge on any atom is -0.354 e. The molecule has 1 aromatic carbocycles. The molecule has 0 aliphatic carbocycles. The van der Waals surface area contributed by atoms with E-state index in [2.05, 4.69) is 31.3 Å². The lowest BCUT2D eigenvalue weighted by molar-refractivity contribution is -0.137. The Kier molecular flexibility index (Phi) is 4.17. The van der Waals surface area contributed by atoms with Crippen molar-refractivity contribution in [1.82, 2.24) is 10.2 Å². The molecule has 3 atom stereocenters. The summed E-state index contributed by atoms with van der Waals surface area (Å²) < 4.78 is 0. The first-order valence-corrected chi connectivity index (χ1v) is 8.78. The minimum atomic E-state index is -0.312. The van der Waals surface area contributed by atoms with Gasteiger partial charge in [0.05, 0.1) is 4.87 Å². The summed E-state index contributed by atoms with van der Waals surface area (Å²) >= 11 is 1.73. The Hall–Kier alpha value is -1.49. The molecule has 0 unspecified atom stereocenters. The monoisotopic (exact) mass is 318 g/mol. The van der Waals surface area contributed by atoms with Gasteiger partial charge in [0, 0.05) is 18.7 Å². The van der Waals surface area contributed by atoms with Crippen molar-refractivity contribution >= 4 is 23.6 Å². The van der Waals surface area contributed by atoms with Crippen LogP contribution in [0.3, 0.4) is 0 Å². The van der Waals surface area contributed by atoms with Crippen molar-refractivity contribution in [2.45, 2.75) is 43.5 Å². The maximum atomic E-state index is 12.5. The van der Waals surface area contributed by atoms with E-state index in [1.807, 2.05) is 18.2 Å². The Labute approximate surface area is 135 Å². The molecule has 0 radical (unpaired) electrons. The van der Waals surface area contributed by atoms with Crippen molar-refractivity contribution in [2.24, 2.45) is 0 Å². The van der Waals surface area contributed by atoms with Crippen molar-refractivity contribution in [1.29, 1.82) is 0 Å². The van der Waals surface area contributed by atoms with Gasteiger partial charge in [-0.05, 0) is 24.8 Å². The highest BCUT2D eigenvalue weighted by Gasteiger charge is 2.52. The summed E-state index contributed by atoms with van der Waals surface area (Å²) in [5.41, 5.74) is 1.21. The fraction of sp³-hybridized carbons (Fsp3) is 0.529. The predicted octanol–water partition coefficient (Wildman–Crippen LogP) is 2.36. The minimum absolute atomic E-state index is 0.0192. The summed E-state index contributed by atoms with van der Waals surface area (Å²) in [5, 5.41) is 3.03. The molecular weight excluding hydrogens is 296 g/mol. The standard InChI is InChI=1S/C17H22N2O2S/c1-12(13-6-4-3-5-7-13)10-18-16(21)14-11-22-17(2)9-8-15(20)19(14)17/h3-7,12,14H,8-11H2,1-2H3,(H,18,21)/t12-,14-,17+/m1/s1. The van der Waals surface area contributed by atoms with Crippen LogP contribution in [0.2, 0.25) is 0 Å². The van der Waals surface area contributed by atoms with E-state index in [1.54, 1.807) is 16.7 Å². The molecule has 5 heteroatoms. The number of hydrogen-bond acceptors (Lipinski definition) is 3. The number of hydrogen-bond donors (Lipinski definition) is 1. The Morgan fingerprint density at radius 3 is 2.91 bits per heavy atom. The van der Waals surface area contributed by atoms with E-state index in [0.717, 1.165) is 6.42 Å². The van der Waals surface area contributed by atoms with E-state index >= 15 is 0 Å². The Morgan fingerprint density at radius 2 is 2.18 bits per heavy atom. The summed E-state index contributed by atoms with van der Waals surface area (Å²) in [7, 11) is 0. The summed E-state index contributed by atoms with van der Waals surface area (Å²) in [6, 6.07) is 9.84. The molecule has 0 spiro atoms. The zero-order valence-corrected chi connectivity index (χ0v) is 13.9. The molecule has 2 aliphatic rings. The van der Waals surface area contributed by atoms with Gasteiger partial charge in [0.1, 0.15) is 6.04 Å². The van der Waals surface area contributed by atoms with Crippen LogP contribution in [0.5, 0.6) is 0 Å². The summed E-state index contributed by atoms with van der Waals surface area (Å²) in [5.74, 6) is 1.06. The third-order valence-electron chi connectivity index (χ3n) is 4.70. The third-order valence-corrected chi connectivity index (χ3v) is 6.20. The second-order valence-corrected chi connectivity index (χ2v) is 7.82. The van der Waals surface area contributed by atoms with Gasteiger partial charge in [-0.2, -0.15) is 0 Å². The van der Waals surface area contributed by atoms with Crippen LogP contribution < -0.4 is 5.32 Å². The Balaban J connectivity index is 1.60. The van der Waals surface area contributed by atoms with Crippen LogP contribution >= 0.6 is 11.8 Å². The average Bonchev–Trinajstić information content (AvgIpc) is 3.02. The highest BCUT2D eigenvalue weighted by Crippen LogP contribution is 2.47. The van der Waals surface area contributed by atoms with Crippen LogP contribution in [0.15, 0.2) is 30.3 Å². The van der Waals surface area contributed by atoms with Gasteiger partial charge in [0.15, 0.2) is 0 Å². The second kappa shape index (κ2) is 5.95. The molecule has 118 valence electrons. The number of amides is 2. The first-order chi connectivity index (χ1) is 10.5. The highest BCUT2D eigenvalue weighted by molar-refractivity contribution is 8.01. The van der Waals surface area contributed by atoms with E-state index in [0.29, 0.717) is 18.7 Å². The number of nitrogens with zero attached hydrogens (tertiary/aromatic N) is 1. The molecule has 1 aromatic rings. The molecule has 0 saturated carbocycles. The second-order valence-electron chi connectivity index (χ2n) is 6.32. The van der Waals surface area contributed by atoms with Gasteiger partial charge >= 0.3 is 0 Å². The molecule has 2 amide bonds. The van der Waals surface area contributed by atoms with E-state index < -0.39 is 0 Å². The zero-order valence-electron chi connectivity index (χ0n) is 13.0. The lowest BCUT2D eigenvalue weighted by Crippen LogP contribution is -2.50. The van der Waals surface area contributed by atoms with Crippen LogP contribution in [-0.2, 0) is 9.59 Å². The van der Waals surface area contributed by atoms with Crippen LogP contribution in [-0.4, -0.2) is 39.9 Å². The van der Waals surface area contributed by atoms with Gasteiger partial charge in [-0.1, -0.05) is 37.3 Å². The Bertz CT molecular complexity index is 577. The fourth-order valence-corrected chi connectivity index (χ4v) is 4.72. The SMILES string of the molecule is C[C@H](CNC(=O)[C@H]1CS[C@@]2(C)CCC(=O)N12)c1ccccc1. The molecule has 2 saturated heterocycles. The lowest BCUT2D eigenvalue weighted by Gasteiger charge is -2.30. The van der Waals surface area contributed by atoms with Gasteiger partial charge in [-0.25, -0.2) is 0 Å². The normalized spacial score (nSPS) is 28.5. The number of fused-ring (bicyclic) bond motifs is 1. The van der Waals surface area contributed by atoms with E-state index in [9.17, 15) is 9.59 Å². The van der Waals surface area contributed by atoms with Crippen LogP contribution in [0, 0.1) is 0 Å². The maximum absolute atomic E-state index is 12.5. The summed E-state index contributed by atoms with van der Waals surface area (Å²) in [6.07, 6.45) is 1.41. The van der Waals surface area contributed by atoms with Crippen LogP contribution in [0.25, 0.3) is 0 Å². The van der Waals surface area contributed by atoms with E-state index in [1.165, 1.54) is 5.56 Å². The van der Waals surface area contributed by atoms with Crippen LogP contribution in [0.4, 0.5) is 0 Å².